The van der Waals surface area contributed by atoms with Crippen molar-refractivity contribution in [3.05, 3.63) is 122 Å². The van der Waals surface area contributed by atoms with Crippen molar-refractivity contribution in [1.82, 2.24) is 0 Å². The SMILES string of the molecule is C=CCc1cc2c(C)cc(=O)oc2c(C)c1OC(C)=O.CC(=O)Oc1ccc2cc(NC(=O)c3ccccc3)c(=O)oc2c1. The zero-order valence-electron chi connectivity index (χ0n) is 24.5. The zero-order valence-corrected chi connectivity index (χ0v) is 24.5. The van der Waals surface area contributed by atoms with Gasteiger partial charge in [-0.2, -0.15) is 0 Å². The van der Waals surface area contributed by atoms with Gasteiger partial charge in [-0.3, -0.25) is 14.4 Å². The number of ether oxygens (including phenoxy) is 2. The fourth-order valence-corrected chi connectivity index (χ4v) is 4.45. The normalized spacial score (nSPS) is 10.5. The summed E-state index contributed by atoms with van der Waals surface area (Å²) in [4.78, 5) is 57.9. The van der Waals surface area contributed by atoms with E-state index in [1.54, 1.807) is 55.5 Å². The van der Waals surface area contributed by atoms with Crippen molar-refractivity contribution in [3.63, 3.8) is 0 Å². The van der Waals surface area contributed by atoms with Gasteiger partial charge in [0.05, 0.1) is 0 Å². The van der Waals surface area contributed by atoms with E-state index in [4.69, 9.17) is 18.3 Å². The molecule has 10 heteroatoms. The van der Waals surface area contributed by atoms with E-state index in [0.717, 1.165) is 16.5 Å². The Kier molecular flexibility index (Phi) is 9.54. The molecule has 0 bridgehead atoms. The summed E-state index contributed by atoms with van der Waals surface area (Å²) in [5, 5.41) is 3.97. The van der Waals surface area contributed by atoms with Gasteiger partial charge in [-0.15, -0.1) is 6.58 Å². The Hall–Kier alpha value is -5.77. The zero-order chi connectivity index (χ0) is 32.0. The molecule has 224 valence electrons. The van der Waals surface area contributed by atoms with Crippen molar-refractivity contribution in [2.45, 2.75) is 34.1 Å². The highest BCUT2D eigenvalue weighted by molar-refractivity contribution is 6.04. The molecule has 0 saturated heterocycles. The lowest BCUT2D eigenvalue weighted by atomic mass is 10.0. The second-order valence-corrected chi connectivity index (χ2v) is 9.76. The number of hydrogen-bond donors (Lipinski definition) is 1. The van der Waals surface area contributed by atoms with Crippen LogP contribution in [0.3, 0.4) is 0 Å². The first kappa shape index (κ1) is 31.2. The molecule has 1 amide bonds. The van der Waals surface area contributed by atoms with E-state index in [-0.39, 0.29) is 17.0 Å². The van der Waals surface area contributed by atoms with Crippen LogP contribution in [0.5, 0.6) is 11.5 Å². The van der Waals surface area contributed by atoms with E-state index in [0.29, 0.717) is 34.3 Å². The number of rotatable bonds is 6. The molecular weight excluding hydrogens is 566 g/mol. The van der Waals surface area contributed by atoms with Crippen LogP contribution in [-0.2, 0) is 16.0 Å². The van der Waals surface area contributed by atoms with Gasteiger partial charge >= 0.3 is 23.2 Å². The third-order valence-corrected chi connectivity index (χ3v) is 6.36. The first-order valence-electron chi connectivity index (χ1n) is 13.5. The summed E-state index contributed by atoms with van der Waals surface area (Å²) in [6.45, 7) is 9.95. The summed E-state index contributed by atoms with van der Waals surface area (Å²) >= 11 is 0. The molecular formula is C34H29NO9. The lowest BCUT2D eigenvalue weighted by molar-refractivity contribution is -0.132. The number of anilines is 1. The van der Waals surface area contributed by atoms with Crippen molar-refractivity contribution in [2.75, 3.05) is 5.32 Å². The third kappa shape index (κ3) is 7.35. The first-order chi connectivity index (χ1) is 21.0. The molecule has 2 aromatic heterocycles. The Bertz CT molecular complexity index is 2020. The molecule has 10 nitrogen and oxygen atoms in total. The number of benzene rings is 3. The van der Waals surface area contributed by atoms with Gasteiger partial charge in [0, 0.05) is 47.9 Å². The molecule has 0 spiro atoms. The van der Waals surface area contributed by atoms with Crippen LogP contribution in [-0.4, -0.2) is 17.8 Å². The average molecular weight is 596 g/mol. The number of allylic oxidation sites excluding steroid dienone is 1. The van der Waals surface area contributed by atoms with Crippen molar-refractivity contribution >= 4 is 45.5 Å². The van der Waals surface area contributed by atoms with Crippen LogP contribution in [0.4, 0.5) is 5.69 Å². The van der Waals surface area contributed by atoms with Crippen molar-refractivity contribution in [1.29, 1.82) is 0 Å². The van der Waals surface area contributed by atoms with Crippen LogP contribution in [0.1, 0.15) is 40.9 Å². The summed E-state index contributed by atoms with van der Waals surface area (Å²) in [6, 6.07) is 18.0. The number of nitrogens with one attached hydrogen (secondary N) is 1. The molecule has 5 aromatic rings. The van der Waals surface area contributed by atoms with Gasteiger partial charge in [0.25, 0.3) is 5.91 Å². The lowest BCUT2D eigenvalue weighted by Crippen LogP contribution is -2.17. The second-order valence-electron chi connectivity index (χ2n) is 9.76. The van der Waals surface area contributed by atoms with Gasteiger partial charge < -0.3 is 23.6 Å². The summed E-state index contributed by atoms with van der Waals surface area (Å²) in [5.74, 6) is -0.562. The molecule has 0 aliphatic carbocycles. The molecule has 0 radical (unpaired) electrons. The van der Waals surface area contributed by atoms with Gasteiger partial charge in [-0.1, -0.05) is 24.3 Å². The minimum Gasteiger partial charge on any atom is -0.427 e. The van der Waals surface area contributed by atoms with Crippen LogP contribution < -0.4 is 26.0 Å². The van der Waals surface area contributed by atoms with E-state index < -0.39 is 29.1 Å². The predicted molar refractivity (Wildman–Crippen MR) is 165 cm³/mol. The largest absolute Gasteiger partial charge is 0.427 e. The summed E-state index contributed by atoms with van der Waals surface area (Å²) in [5.41, 5.74) is 2.41. The Labute approximate surface area is 251 Å². The van der Waals surface area contributed by atoms with Gasteiger partial charge in [0.15, 0.2) is 0 Å². The topological polar surface area (TPSA) is 142 Å². The van der Waals surface area contributed by atoms with Gasteiger partial charge in [-0.05, 0) is 67.8 Å². The number of carbonyl (C=O) groups excluding carboxylic acids is 3. The van der Waals surface area contributed by atoms with Crippen LogP contribution in [0.25, 0.3) is 21.9 Å². The summed E-state index contributed by atoms with van der Waals surface area (Å²) < 4.78 is 20.7. The molecule has 0 aliphatic heterocycles. The second kappa shape index (κ2) is 13.5. The van der Waals surface area contributed by atoms with Crippen molar-refractivity contribution in [3.8, 4) is 11.5 Å². The van der Waals surface area contributed by atoms with Crippen molar-refractivity contribution < 1.29 is 32.7 Å². The number of carbonyl (C=O) groups is 3. The standard InChI is InChI=1S/C18H13NO5.C16H16O4/c1-11(20)23-14-8-7-13-9-15(18(22)24-16(13)10-14)19-17(21)12-5-3-2-4-6-12;1-5-6-12-8-13-9(2)7-14(18)20-16(13)10(3)15(12)19-11(4)17/h2-10H,1H3,(H,19,21);5,7-8H,1,6H2,2-4H3. The smallest absolute Gasteiger partial charge is 0.360 e. The van der Waals surface area contributed by atoms with E-state index >= 15 is 0 Å². The van der Waals surface area contributed by atoms with E-state index in [2.05, 4.69) is 11.9 Å². The fraction of sp³-hybridized carbons (Fsp3) is 0.147. The molecule has 0 saturated carbocycles. The Morgan fingerprint density at radius 2 is 1.59 bits per heavy atom. The highest BCUT2D eigenvalue weighted by atomic mass is 16.5. The average Bonchev–Trinajstić information content (AvgIpc) is 2.96. The molecule has 1 N–H and O–H groups in total. The maximum Gasteiger partial charge on any atom is 0.360 e. The molecule has 44 heavy (non-hydrogen) atoms. The molecule has 0 atom stereocenters. The van der Waals surface area contributed by atoms with E-state index in [1.807, 2.05) is 13.0 Å². The number of fused-ring (bicyclic) bond motifs is 2. The van der Waals surface area contributed by atoms with Gasteiger partial charge in [0.1, 0.15) is 28.4 Å². The monoisotopic (exact) mass is 595 g/mol. The van der Waals surface area contributed by atoms with Crippen LogP contribution >= 0.6 is 0 Å². The van der Waals surface area contributed by atoms with Gasteiger partial charge in [0.2, 0.25) is 0 Å². The predicted octanol–water partition coefficient (Wildman–Crippen LogP) is 6.03. The molecule has 0 unspecified atom stereocenters. The van der Waals surface area contributed by atoms with Gasteiger partial charge in [-0.25, -0.2) is 9.59 Å². The highest BCUT2D eigenvalue weighted by Gasteiger charge is 2.16. The Balaban J connectivity index is 0.000000204. The number of aryl methyl sites for hydroxylation is 2. The maximum absolute atomic E-state index is 12.1. The lowest BCUT2D eigenvalue weighted by Gasteiger charge is -2.13. The first-order valence-corrected chi connectivity index (χ1v) is 13.5. The minimum absolute atomic E-state index is 0.0385. The fourth-order valence-electron chi connectivity index (χ4n) is 4.45. The van der Waals surface area contributed by atoms with Crippen LogP contribution in [0.2, 0.25) is 0 Å². The van der Waals surface area contributed by atoms with Crippen LogP contribution in [0, 0.1) is 13.8 Å². The molecule has 2 heterocycles. The quantitative estimate of drug-likeness (QED) is 0.108. The highest BCUT2D eigenvalue weighted by Crippen LogP contribution is 2.33. The van der Waals surface area contributed by atoms with Crippen molar-refractivity contribution in [2.24, 2.45) is 0 Å². The number of esters is 2. The van der Waals surface area contributed by atoms with E-state index in [9.17, 15) is 24.0 Å². The molecule has 0 aliphatic rings. The van der Waals surface area contributed by atoms with Crippen LogP contribution in [0.15, 0.2) is 97.8 Å². The molecule has 3 aromatic carbocycles. The summed E-state index contributed by atoms with van der Waals surface area (Å²) in [6.07, 6.45) is 2.31. The third-order valence-electron chi connectivity index (χ3n) is 6.36. The molecule has 5 rings (SSSR count). The Morgan fingerprint density at radius 3 is 2.25 bits per heavy atom. The number of hydrogen-bond acceptors (Lipinski definition) is 9. The Morgan fingerprint density at radius 1 is 0.886 bits per heavy atom. The minimum atomic E-state index is -0.688. The maximum atomic E-state index is 12.1. The molecule has 0 fully saturated rings. The number of amides is 1. The summed E-state index contributed by atoms with van der Waals surface area (Å²) in [7, 11) is 0. The van der Waals surface area contributed by atoms with E-state index in [1.165, 1.54) is 32.0 Å².